The van der Waals surface area contributed by atoms with E-state index in [0.29, 0.717) is 37.4 Å². The summed E-state index contributed by atoms with van der Waals surface area (Å²) in [5.74, 6) is 1.14. The molecule has 7 nitrogen and oxygen atoms in total. The van der Waals surface area contributed by atoms with Crippen LogP contribution < -0.4 is 4.74 Å². The number of hydrogen-bond acceptors (Lipinski definition) is 6. The van der Waals surface area contributed by atoms with Crippen LogP contribution in [0.2, 0.25) is 0 Å². The maximum Gasteiger partial charge on any atom is 0.308 e. The molecule has 0 atom stereocenters. The van der Waals surface area contributed by atoms with E-state index < -0.39 is 5.41 Å². The number of methoxy groups -OCH3 is 2. The average Bonchev–Trinajstić information content (AvgIpc) is 3.41. The molecule has 2 heterocycles. The first-order chi connectivity index (χ1) is 13.6. The Labute approximate surface area is 163 Å². The Morgan fingerprint density at radius 2 is 1.93 bits per heavy atom. The smallest absolute Gasteiger partial charge is 0.308 e. The zero-order chi connectivity index (χ0) is 19.7. The molecule has 4 rings (SSSR count). The molecule has 0 radical (unpaired) electrons. The van der Waals surface area contributed by atoms with Gasteiger partial charge in [-0.2, -0.15) is 0 Å². The normalized spacial score (nSPS) is 18.6. The quantitative estimate of drug-likeness (QED) is 0.738. The van der Waals surface area contributed by atoms with Crippen molar-refractivity contribution in [1.82, 2.24) is 10.1 Å². The first-order valence-corrected chi connectivity index (χ1v) is 9.56. The summed E-state index contributed by atoms with van der Waals surface area (Å²) >= 11 is 0. The van der Waals surface area contributed by atoms with Crippen LogP contribution >= 0.6 is 0 Å². The Hall–Kier alpha value is -2.83. The van der Waals surface area contributed by atoms with Crippen molar-refractivity contribution in [3.05, 3.63) is 36.0 Å². The predicted molar refractivity (Wildman–Crippen MR) is 101 cm³/mol. The molecule has 1 aromatic carbocycles. The minimum atomic E-state index is -0.585. The van der Waals surface area contributed by atoms with E-state index in [1.165, 1.54) is 7.11 Å². The molecule has 28 heavy (non-hydrogen) atoms. The van der Waals surface area contributed by atoms with Gasteiger partial charge >= 0.3 is 5.97 Å². The van der Waals surface area contributed by atoms with Gasteiger partial charge in [-0.15, -0.1) is 0 Å². The molecule has 7 heteroatoms. The van der Waals surface area contributed by atoms with Gasteiger partial charge in [-0.1, -0.05) is 17.3 Å². The zero-order valence-corrected chi connectivity index (χ0v) is 16.1. The SMILES string of the molecule is COC(=O)C1CCN(C(=O)C2(c3cc(-c4cccc(OC)c4)on3)CC2)CC1. The molecule has 1 amide bonds. The van der Waals surface area contributed by atoms with E-state index in [1.54, 1.807) is 7.11 Å². The van der Waals surface area contributed by atoms with Crippen LogP contribution in [0.1, 0.15) is 31.4 Å². The average molecular weight is 384 g/mol. The highest BCUT2D eigenvalue weighted by molar-refractivity contribution is 5.91. The molecule has 1 saturated heterocycles. The van der Waals surface area contributed by atoms with E-state index >= 15 is 0 Å². The molecule has 1 saturated carbocycles. The van der Waals surface area contributed by atoms with E-state index in [2.05, 4.69) is 5.16 Å². The lowest BCUT2D eigenvalue weighted by molar-refractivity contribution is -0.149. The third kappa shape index (κ3) is 3.25. The van der Waals surface area contributed by atoms with E-state index in [0.717, 1.165) is 24.2 Å². The van der Waals surface area contributed by atoms with Crippen LogP contribution in [-0.2, 0) is 19.7 Å². The number of carbonyl (C=O) groups excluding carboxylic acids is 2. The Morgan fingerprint density at radius 1 is 1.18 bits per heavy atom. The molecule has 2 aromatic rings. The molecule has 1 aliphatic carbocycles. The highest BCUT2D eigenvalue weighted by Crippen LogP contribution is 2.50. The molecular weight excluding hydrogens is 360 g/mol. The molecule has 0 N–H and O–H groups in total. The minimum absolute atomic E-state index is 0.0845. The van der Waals surface area contributed by atoms with Crippen molar-refractivity contribution in [3.63, 3.8) is 0 Å². The molecule has 148 valence electrons. The summed E-state index contributed by atoms with van der Waals surface area (Å²) in [7, 11) is 3.02. The van der Waals surface area contributed by atoms with E-state index in [-0.39, 0.29) is 17.8 Å². The lowest BCUT2D eigenvalue weighted by Gasteiger charge is -2.32. The van der Waals surface area contributed by atoms with Crippen molar-refractivity contribution in [2.45, 2.75) is 31.1 Å². The fourth-order valence-corrected chi connectivity index (χ4v) is 3.91. The predicted octanol–water partition coefficient (Wildman–Crippen LogP) is 2.79. The molecular formula is C21H24N2O5. The topological polar surface area (TPSA) is 81.9 Å². The fourth-order valence-electron chi connectivity index (χ4n) is 3.91. The highest BCUT2D eigenvalue weighted by atomic mass is 16.5. The Morgan fingerprint density at radius 3 is 2.57 bits per heavy atom. The first-order valence-electron chi connectivity index (χ1n) is 9.56. The number of likely N-dealkylation sites (tertiary alicyclic amines) is 1. The van der Waals surface area contributed by atoms with Gasteiger partial charge < -0.3 is 18.9 Å². The summed E-state index contributed by atoms with van der Waals surface area (Å²) in [6.45, 7) is 1.14. The maximum atomic E-state index is 13.2. The van der Waals surface area contributed by atoms with Gasteiger partial charge in [0.25, 0.3) is 0 Å². The first kappa shape index (κ1) is 18.5. The standard InChI is InChI=1S/C21H24N2O5/c1-26-16-5-3-4-15(12-16)17-13-18(22-28-17)21(8-9-21)20(25)23-10-6-14(7-11-23)19(24)27-2/h3-5,12-14H,6-11H2,1-2H3. The van der Waals surface area contributed by atoms with Gasteiger partial charge in [0.2, 0.25) is 5.91 Å². The fraction of sp³-hybridized carbons (Fsp3) is 0.476. The minimum Gasteiger partial charge on any atom is -0.497 e. The lowest BCUT2D eigenvalue weighted by atomic mass is 9.93. The molecule has 2 fully saturated rings. The number of piperidine rings is 1. The van der Waals surface area contributed by atoms with E-state index in [9.17, 15) is 9.59 Å². The third-order valence-electron chi connectivity index (χ3n) is 5.83. The molecule has 0 spiro atoms. The second kappa shape index (κ2) is 7.30. The maximum absolute atomic E-state index is 13.2. The Kier molecular flexibility index (Phi) is 4.83. The second-order valence-electron chi connectivity index (χ2n) is 7.48. The number of hydrogen-bond donors (Lipinski definition) is 0. The second-order valence-corrected chi connectivity index (χ2v) is 7.48. The number of aromatic nitrogens is 1. The van der Waals surface area contributed by atoms with Gasteiger partial charge in [0, 0.05) is 24.7 Å². The van der Waals surface area contributed by atoms with Crippen LogP contribution in [0.15, 0.2) is 34.9 Å². The van der Waals surface area contributed by atoms with Gasteiger partial charge in [-0.3, -0.25) is 9.59 Å². The van der Waals surface area contributed by atoms with Crippen molar-refractivity contribution in [2.24, 2.45) is 5.92 Å². The summed E-state index contributed by atoms with van der Waals surface area (Å²) in [6, 6.07) is 9.42. The van der Waals surface area contributed by atoms with Gasteiger partial charge in [0.15, 0.2) is 5.76 Å². The Balaban J connectivity index is 1.48. The van der Waals surface area contributed by atoms with Crippen molar-refractivity contribution in [1.29, 1.82) is 0 Å². The third-order valence-corrected chi connectivity index (χ3v) is 5.83. The van der Waals surface area contributed by atoms with Crippen molar-refractivity contribution < 1.29 is 23.6 Å². The zero-order valence-electron chi connectivity index (χ0n) is 16.1. The van der Waals surface area contributed by atoms with Gasteiger partial charge in [0.05, 0.1) is 31.2 Å². The van der Waals surface area contributed by atoms with Crippen LogP contribution in [0, 0.1) is 5.92 Å². The van der Waals surface area contributed by atoms with Crippen LogP contribution in [-0.4, -0.2) is 49.2 Å². The Bertz CT molecular complexity index is 878. The van der Waals surface area contributed by atoms with Crippen LogP contribution in [0.3, 0.4) is 0 Å². The molecule has 0 bridgehead atoms. The number of rotatable bonds is 5. The van der Waals surface area contributed by atoms with Crippen molar-refractivity contribution >= 4 is 11.9 Å². The van der Waals surface area contributed by atoms with E-state index in [4.69, 9.17) is 14.0 Å². The summed E-state index contributed by atoms with van der Waals surface area (Å²) in [4.78, 5) is 26.7. The molecule has 0 unspecified atom stereocenters. The molecule has 2 aliphatic rings. The number of benzene rings is 1. The number of ether oxygens (including phenoxy) is 2. The summed E-state index contributed by atoms with van der Waals surface area (Å²) in [5.41, 5.74) is 0.962. The monoisotopic (exact) mass is 384 g/mol. The van der Waals surface area contributed by atoms with Crippen LogP contribution in [0.25, 0.3) is 11.3 Å². The van der Waals surface area contributed by atoms with Crippen molar-refractivity contribution in [2.75, 3.05) is 27.3 Å². The number of esters is 1. The van der Waals surface area contributed by atoms with Gasteiger partial charge in [-0.05, 0) is 37.8 Å². The van der Waals surface area contributed by atoms with Crippen molar-refractivity contribution in [3.8, 4) is 17.1 Å². The summed E-state index contributed by atoms with van der Waals surface area (Å²) in [6.07, 6.45) is 2.82. The van der Waals surface area contributed by atoms with E-state index in [1.807, 2.05) is 35.2 Å². The number of nitrogens with zero attached hydrogens (tertiary/aromatic N) is 2. The van der Waals surface area contributed by atoms with Crippen LogP contribution in [0.5, 0.6) is 5.75 Å². The van der Waals surface area contributed by atoms with Gasteiger partial charge in [0.1, 0.15) is 5.75 Å². The number of amides is 1. The van der Waals surface area contributed by atoms with Gasteiger partial charge in [-0.25, -0.2) is 0 Å². The number of carbonyl (C=O) groups is 2. The largest absolute Gasteiger partial charge is 0.497 e. The lowest BCUT2D eigenvalue weighted by Crippen LogP contribution is -2.45. The van der Waals surface area contributed by atoms with Crippen LogP contribution in [0.4, 0.5) is 0 Å². The summed E-state index contributed by atoms with van der Waals surface area (Å²) in [5, 5.41) is 4.22. The molecule has 1 aliphatic heterocycles. The highest BCUT2D eigenvalue weighted by Gasteiger charge is 2.55. The summed E-state index contributed by atoms with van der Waals surface area (Å²) < 4.78 is 15.6. The molecule has 1 aromatic heterocycles.